The normalized spacial score (nSPS) is 24.9. The van der Waals surface area contributed by atoms with Crippen molar-refractivity contribution >= 4 is 11.8 Å². The van der Waals surface area contributed by atoms with E-state index in [0.29, 0.717) is 11.3 Å². The summed E-state index contributed by atoms with van der Waals surface area (Å²) in [6.45, 7) is 8.48. The highest BCUT2D eigenvalue weighted by atomic mass is 32.2. The van der Waals surface area contributed by atoms with Crippen LogP contribution in [0, 0.1) is 0 Å². The Kier molecular flexibility index (Phi) is 4.70. The van der Waals surface area contributed by atoms with Crippen LogP contribution >= 0.6 is 11.8 Å². The lowest BCUT2D eigenvalue weighted by molar-refractivity contribution is 0.0684. The van der Waals surface area contributed by atoms with Gasteiger partial charge in [-0.25, -0.2) is 0 Å². The lowest BCUT2D eigenvalue weighted by Crippen LogP contribution is -2.47. The van der Waals surface area contributed by atoms with Crippen molar-refractivity contribution in [3.8, 4) is 0 Å². The Labute approximate surface area is 91.4 Å². The molecule has 0 aromatic heterocycles. The van der Waals surface area contributed by atoms with Crippen molar-refractivity contribution in [3.05, 3.63) is 0 Å². The molecule has 0 aromatic rings. The molecule has 0 aromatic carbocycles. The second kappa shape index (κ2) is 5.35. The fourth-order valence-corrected chi connectivity index (χ4v) is 2.98. The van der Waals surface area contributed by atoms with E-state index in [-0.39, 0.29) is 6.10 Å². The summed E-state index contributed by atoms with van der Waals surface area (Å²) in [5.74, 6) is 1.22. The van der Waals surface area contributed by atoms with Crippen molar-refractivity contribution < 1.29 is 4.74 Å². The zero-order valence-corrected chi connectivity index (χ0v) is 10.3. The minimum atomic E-state index is 0.189. The first-order valence-corrected chi connectivity index (χ1v) is 6.15. The van der Waals surface area contributed by atoms with Crippen LogP contribution in [0.4, 0.5) is 0 Å². The van der Waals surface area contributed by atoms with Gasteiger partial charge in [0.05, 0.1) is 6.10 Å². The summed E-state index contributed by atoms with van der Waals surface area (Å²) in [7, 11) is 1.74. The molecule has 1 unspecified atom stereocenters. The Morgan fingerprint density at radius 2 is 2.29 bits per heavy atom. The van der Waals surface area contributed by atoms with E-state index >= 15 is 0 Å². The van der Waals surface area contributed by atoms with Crippen LogP contribution in [0.3, 0.4) is 0 Å². The molecule has 1 atom stereocenters. The van der Waals surface area contributed by atoms with E-state index < -0.39 is 0 Å². The Balaban J connectivity index is 2.37. The molecule has 1 saturated heterocycles. The summed E-state index contributed by atoms with van der Waals surface area (Å²) in [5.41, 5.74) is 5.61. The number of nitrogens with two attached hydrogens (primary N) is 1. The maximum atomic E-state index is 5.61. The third-order valence-corrected chi connectivity index (χ3v) is 3.86. The van der Waals surface area contributed by atoms with Gasteiger partial charge < -0.3 is 10.5 Å². The first-order chi connectivity index (χ1) is 6.57. The summed E-state index contributed by atoms with van der Waals surface area (Å²) in [6.07, 6.45) is 0.189. The summed E-state index contributed by atoms with van der Waals surface area (Å²) in [6, 6.07) is 0. The van der Waals surface area contributed by atoms with Crippen LogP contribution in [-0.2, 0) is 4.74 Å². The second-order valence-electron chi connectivity index (χ2n) is 4.44. The van der Waals surface area contributed by atoms with Gasteiger partial charge in [-0.2, -0.15) is 11.8 Å². The highest BCUT2D eigenvalue weighted by Crippen LogP contribution is 2.29. The molecule has 1 rings (SSSR count). The van der Waals surface area contributed by atoms with Gasteiger partial charge in [-0.3, -0.25) is 4.90 Å². The van der Waals surface area contributed by atoms with Crippen molar-refractivity contribution in [1.82, 2.24) is 4.90 Å². The van der Waals surface area contributed by atoms with Crippen molar-refractivity contribution in [2.45, 2.75) is 24.7 Å². The Morgan fingerprint density at radius 1 is 1.57 bits per heavy atom. The third-order valence-electron chi connectivity index (χ3n) is 2.56. The highest BCUT2D eigenvalue weighted by Gasteiger charge is 2.27. The van der Waals surface area contributed by atoms with E-state index in [1.165, 1.54) is 5.75 Å². The van der Waals surface area contributed by atoms with E-state index in [1.807, 2.05) is 0 Å². The van der Waals surface area contributed by atoms with E-state index in [2.05, 4.69) is 30.5 Å². The molecule has 14 heavy (non-hydrogen) atoms. The number of rotatable bonds is 4. The summed E-state index contributed by atoms with van der Waals surface area (Å²) >= 11 is 2.05. The monoisotopic (exact) mass is 218 g/mol. The van der Waals surface area contributed by atoms with Crippen LogP contribution in [-0.4, -0.2) is 54.8 Å². The maximum Gasteiger partial charge on any atom is 0.0820 e. The fourth-order valence-electron chi connectivity index (χ4n) is 1.80. The van der Waals surface area contributed by atoms with E-state index in [4.69, 9.17) is 10.5 Å². The lowest BCUT2D eigenvalue weighted by Gasteiger charge is -2.38. The smallest absolute Gasteiger partial charge is 0.0820 e. The molecule has 0 bridgehead atoms. The van der Waals surface area contributed by atoms with Gasteiger partial charge in [0.1, 0.15) is 0 Å². The van der Waals surface area contributed by atoms with Crippen LogP contribution in [0.1, 0.15) is 13.8 Å². The topological polar surface area (TPSA) is 38.5 Å². The number of ether oxygens (including phenoxy) is 1. The molecule has 3 nitrogen and oxygen atoms in total. The minimum Gasteiger partial charge on any atom is -0.379 e. The predicted octanol–water partition coefficient (Wildman–Crippen LogP) is 0.787. The molecule has 4 heteroatoms. The third kappa shape index (κ3) is 3.77. The quantitative estimate of drug-likeness (QED) is 0.757. The van der Waals surface area contributed by atoms with Gasteiger partial charge in [-0.15, -0.1) is 0 Å². The average Bonchev–Trinajstić information content (AvgIpc) is 2.12. The van der Waals surface area contributed by atoms with Crippen LogP contribution in [0.2, 0.25) is 0 Å². The second-order valence-corrected chi connectivity index (χ2v) is 6.24. The lowest BCUT2D eigenvalue weighted by atomic mass is 10.1. The summed E-state index contributed by atoms with van der Waals surface area (Å²) < 4.78 is 5.68. The predicted molar refractivity (Wildman–Crippen MR) is 62.8 cm³/mol. The van der Waals surface area contributed by atoms with Crippen molar-refractivity contribution in [1.29, 1.82) is 0 Å². The molecule has 1 heterocycles. The molecule has 0 radical (unpaired) electrons. The van der Waals surface area contributed by atoms with Gasteiger partial charge in [-0.1, -0.05) is 0 Å². The number of methoxy groups -OCH3 is 1. The maximum absolute atomic E-state index is 5.61. The Morgan fingerprint density at radius 3 is 2.79 bits per heavy atom. The molecule has 2 N–H and O–H groups in total. The molecule has 1 aliphatic rings. The summed E-state index contributed by atoms with van der Waals surface area (Å²) in [5, 5.41) is 0. The number of thioether (sulfide) groups is 1. The molecular formula is C10H22N2OS. The van der Waals surface area contributed by atoms with Gasteiger partial charge in [0.25, 0.3) is 0 Å². The van der Waals surface area contributed by atoms with Crippen molar-refractivity contribution in [3.63, 3.8) is 0 Å². The Hall–Kier alpha value is 0.230. The molecule has 84 valence electrons. The van der Waals surface area contributed by atoms with Gasteiger partial charge in [-0.05, 0) is 13.8 Å². The number of nitrogens with zero attached hydrogens (tertiary/aromatic N) is 1. The van der Waals surface area contributed by atoms with Crippen LogP contribution in [0.25, 0.3) is 0 Å². The Bertz CT molecular complexity index is 172. The molecular weight excluding hydrogens is 196 g/mol. The van der Waals surface area contributed by atoms with Crippen molar-refractivity contribution in [2.75, 3.05) is 39.0 Å². The molecule has 0 spiro atoms. The van der Waals surface area contributed by atoms with Crippen molar-refractivity contribution in [2.24, 2.45) is 5.73 Å². The van der Waals surface area contributed by atoms with Gasteiger partial charge in [0, 0.05) is 43.8 Å². The first-order valence-electron chi connectivity index (χ1n) is 5.16. The van der Waals surface area contributed by atoms with Gasteiger partial charge >= 0.3 is 0 Å². The van der Waals surface area contributed by atoms with Gasteiger partial charge in [0.15, 0.2) is 0 Å². The van der Waals surface area contributed by atoms with E-state index in [0.717, 1.165) is 19.6 Å². The molecule has 0 saturated carbocycles. The zero-order valence-electron chi connectivity index (χ0n) is 9.45. The van der Waals surface area contributed by atoms with Gasteiger partial charge in [0.2, 0.25) is 0 Å². The molecule has 1 aliphatic heterocycles. The number of hydrogen-bond acceptors (Lipinski definition) is 4. The summed E-state index contributed by atoms with van der Waals surface area (Å²) in [4.78, 5) is 2.46. The average molecular weight is 218 g/mol. The fraction of sp³-hybridized carbons (Fsp3) is 1.00. The number of hydrogen-bond donors (Lipinski definition) is 1. The molecule has 1 fully saturated rings. The largest absolute Gasteiger partial charge is 0.379 e. The minimum absolute atomic E-state index is 0.189. The van der Waals surface area contributed by atoms with Crippen LogP contribution in [0.5, 0.6) is 0 Å². The first kappa shape index (κ1) is 12.3. The molecule has 0 aliphatic carbocycles. The highest BCUT2D eigenvalue weighted by molar-refractivity contribution is 8.00. The molecule has 0 amide bonds. The standard InChI is InChI=1S/C10H22N2OS/c1-10(2)8-12(4-5-14-10)7-9(6-11)13-3/h9H,4-8,11H2,1-3H3. The van der Waals surface area contributed by atoms with E-state index in [9.17, 15) is 0 Å². The van der Waals surface area contributed by atoms with Crippen LogP contribution in [0.15, 0.2) is 0 Å². The SMILES string of the molecule is COC(CN)CN1CCSC(C)(C)C1. The zero-order chi connectivity index (χ0) is 10.6. The van der Waals surface area contributed by atoms with Crippen LogP contribution < -0.4 is 5.73 Å². The van der Waals surface area contributed by atoms with E-state index in [1.54, 1.807) is 7.11 Å².